The van der Waals surface area contributed by atoms with E-state index in [0.717, 1.165) is 12.3 Å². The standard InChI is InChI=1S/C14H10F2N2O3/c15-10-3-1-2-8(13(10)16)6-12(19)18-11-5-4-9(7-17-11)14(20)21/h1-5,7H,6H2,(H,20,21)(H,17,18,19). The first-order chi connectivity index (χ1) is 9.97. The predicted octanol–water partition coefficient (Wildman–Crippen LogP) is 2.24. The summed E-state index contributed by atoms with van der Waals surface area (Å²) in [5.41, 5.74) is -0.0983. The molecule has 5 nitrogen and oxygen atoms in total. The van der Waals surface area contributed by atoms with Gasteiger partial charge in [-0.25, -0.2) is 18.6 Å². The fourth-order valence-electron chi connectivity index (χ4n) is 1.64. The topological polar surface area (TPSA) is 79.3 Å². The number of aromatic carboxylic acids is 1. The van der Waals surface area contributed by atoms with Crippen molar-refractivity contribution in [3.8, 4) is 0 Å². The van der Waals surface area contributed by atoms with Crippen LogP contribution in [-0.4, -0.2) is 22.0 Å². The number of rotatable bonds is 4. The first-order valence-electron chi connectivity index (χ1n) is 5.89. The van der Waals surface area contributed by atoms with Crippen molar-refractivity contribution in [2.75, 3.05) is 5.32 Å². The second kappa shape index (κ2) is 6.08. The van der Waals surface area contributed by atoms with Crippen molar-refractivity contribution in [2.45, 2.75) is 6.42 Å². The van der Waals surface area contributed by atoms with Gasteiger partial charge in [-0.1, -0.05) is 12.1 Å². The van der Waals surface area contributed by atoms with Gasteiger partial charge in [-0.15, -0.1) is 0 Å². The maximum Gasteiger partial charge on any atom is 0.337 e. The lowest BCUT2D eigenvalue weighted by Gasteiger charge is -2.06. The highest BCUT2D eigenvalue weighted by molar-refractivity contribution is 5.92. The van der Waals surface area contributed by atoms with E-state index in [1.165, 1.54) is 24.3 Å². The van der Waals surface area contributed by atoms with Crippen LogP contribution in [-0.2, 0) is 11.2 Å². The number of carboxylic acids is 1. The zero-order valence-corrected chi connectivity index (χ0v) is 10.6. The monoisotopic (exact) mass is 292 g/mol. The molecule has 0 saturated heterocycles. The average molecular weight is 292 g/mol. The van der Waals surface area contributed by atoms with Crippen molar-refractivity contribution in [1.82, 2.24) is 4.98 Å². The van der Waals surface area contributed by atoms with Gasteiger partial charge in [0.1, 0.15) is 5.82 Å². The van der Waals surface area contributed by atoms with Crippen molar-refractivity contribution in [3.63, 3.8) is 0 Å². The van der Waals surface area contributed by atoms with E-state index in [2.05, 4.69) is 10.3 Å². The zero-order valence-electron chi connectivity index (χ0n) is 10.6. The molecular formula is C14H10F2N2O3. The molecule has 1 aromatic carbocycles. The van der Waals surface area contributed by atoms with Gasteiger partial charge in [0, 0.05) is 11.8 Å². The van der Waals surface area contributed by atoms with Gasteiger partial charge in [0.15, 0.2) is 11.6 Å². The van der Waals surface area contributed by atoms with Crippen LogP contribution in [0.15, 0.2) is 36.5 Å². The number of nitrogens with zero attached hydrogens (tertiary/aromatic N) is 1. The van der Waals surface area contributed by atoms with Gasteiger partial charge in [0.2, 0.25) is 5.91 Å². The van der Waals surface area contributed by atoms with Gasteiger partial charge >= 0.3 is 5.97 Å². The highest BCUT2D eigenvalue weighted by atomic mass is 19.2. The summed E-state index contributed by atoms with van der Waals surface area (Å²) in [7, 11) is 0. The van der Waals surface area contributed by atoms with E-state index in [-0.39, 0.29) is 23.4 Å². The first kappa shape index (κ1) is 14.6. The fourth-order valence-corrected chi connectivity index (χ4v) is 1.64. The Morgan fingerprint density at radius 1 is 1.19 bits per heavy atom. The molecular weight excluding hydrogens is 282 g/mol. The van der Waals surface area contributed by atoms with Gasteiger partial charge < -0.3 is 10.4 Å². The summed E-state index contributed by atoms with van der Waals surface area (Å²) < 4.78 is 26.4. The molecule has 0 aliphatic heterocycles. The summed E-state index contributed by atoms with van der Waals surface area (Å²) in [5, 5.41) is 11.1. The molecule has 0 atom stereocenters. The quantitative estimate of drug-likeness (QED) is 0.905. The Morgan fingerprint density at radius 3 is 2.57 bits per heavy atom. The summed E-state index contributed by atoms with van der Waals surface area (Å²) in [4.78, 5) is 26.1. The minimum absolute atomic E-state index is 0.0239. The molecule has 1 aromatic heterocycles. The Hall–Kier alpha value is -2.83. The van der Waals surface area contributed by atoms with Crippen LogP contribution in [0.3, 0.4) is 0 Å². The minimum atomic E-state index is -1.14. The van der Waals surface area contributed by atoms with Crippen LogP contribution in [0.4, 0.5) is 14.6 Å². The SMILES string of the molecule is O=C(Cc1cccc(F)c1F)Nc1ccc(C(=O)O)cn1. The third kappa shape index (κ3) is 3.59. The molecule has 0 unspecified atom stereocenters. The van der Waals surface area contributed by atoms with Crippen molar-refractivity contribution in [2.24, 2.45) is 0 Å². The van der Waals surface area contributed by atoms with Gasteiger partial charge in [0.25, 0.3) is 0 Å². The Bertz CT molecular complexity index is 687. The molecule has 0 saturated carbocycles. The number of nitrogens with one attached hydrogen (secondary N) is 1. The van der Waals surface area contributed by atoms with E-state index in [0.29, 0.717) is 0 Å². The number of carbonyl (C=O) groups is 2. The molecule has 0 bridgehead atoms. The first-order valence-corrected chi connectivity index (χ1v) is 5.89. The fraction of sp³-hybridized carbons (Fsp3) is 0.0714. The molecule has 1 heterocycles. The van der Waals surface area contributed by atoms with Gasteiger partial charge in [-0.05, 0) is 18.2 Å². The number of aromatic nitrogens is 1. The summed E-state index contributed by atoms with van der Waals surface area (Å²) in [6, 6.07) is 6.15. The molecule has 0 fully saturated rings. The summed E-state index contributed by atoms with van der Waals surface area (Å²) >= 11 is 0. The molecule has 2 aromatic rings. The average Bonchev–Trinajstić information content (AvgIpc) is 2.44. The van der Waals surface area contributed by atoms with E-state index in [9.17, 15) is 18.4 Å². The minimum Gasteiger partial charge on any atom is -0.478 e. The maximum atomic E-state index is 13.4. The van der Waals surface area contributed by atoms with Crippen LogP contribution < -0.4 is 5.32 Å². The van der Waals surface area contributed by atoms with Gasteiger partial charge in [-0.2, -0.15) is 0 Å². The Labute approximate surface area is 118 Å². The molecule has 21 heavy (non-hydrogen) atoms. The van der Waals surface area contributed by atoms with Crippen molar-refractivity contribution >= 4 is 17.7 Å². The molecule has 2 rings (SSSR count). The van der Waals surface area contributed by atoms with Crippen LogP contribution in [0.2, 0.25) is 0 Å². The highest BCUT2D eigenvalue weighted by Gasteiger charge is 2.12. The van der Waals surface area contributed by atoms with Gasteiger partial charge in [0.05, 0.1) is 12.0 Å². The third-order valence-electron chi connectivity index (χ3n) is 2.66. The zero-order chi connectivity index (χ0) is 15.4. The second-order valence-electron chi connectivity index (χ2n) is 4.18. The normalized spacial score (nSPS) is 10.2. The number of hydrogen-bond acceptors (Lipinski definition) is 3. The molecule has 0 spiro atoms. The summed E-state index contributed by atoms with van der Waals surface area (Å²) in [6.07, 6.45) is 0.729. The lowest BCUT2D eigenvalue weighted by Crippen LogP contribution is -2.16. The van der Waals surface area contributed by atoms with Crippen LogP contribution >= 0.6 is 0 Å². The molecule has 2 N–H and O–H groups in total. The number of carboxylic acid groups (broad SMARTS) is 1. The van der Waals surface area contributed by atoms with E-state index >= 15 is 0 Å². The maximum absolute atomic E-state index is 13.4. The number of pyridine rings is 1. The highest BCUT2D eigenvalue weighted by Crippen LogP contribution is 2.13. The predicted molar refractivity (Wildman–Crippen MR) is 69.9 cm³/mol. The van der Waals surface area contributed by atoms with Crippen LogP contribution in [0.1, 0.15) is 15.9 Å². The lowest BCUT2D eigenvalue weighted by atomic mass is 10.1. The number of halogens is 2. The van der Waals surface area contributed by atoms with Crippen LogP contribution in [0, 0.1) is 11.6 Å². The van der Waals surface area contributed by atoms with E-state index in [1.54, 1.807) is 0 Å². The number of amides is 1. The lowest BCUT2D eigenvalue weighted by molar-refractivity contribution is -0.115. The molecule has 0 aliphatic rings. The molecule has 0 radical (unpaired) electrons. The van der Waals surface area contributed by atoms with E-state index in [4.69, 9.17) is 5.11 Å². The smallest absolute Gasteiger partial charge is 0.337 e. The van der Waals surface area contributed by atoms with Crippen LogP contribution in [0.5, 0.6) is 0 Å². The van der Waals surface area contributed by atoms with Crippen molar-refractivity contribution in [1.29, 1.82) is 0 Å². The number of hydrogen-bond donors (Lipinski definition) is 2. The largest absolute Gasteiger partial charge is 0.478 e. The summed E-state index contributed by atoms with van der Waals surface area (Å²) in [5.74, 6) is -3.69. The molecule has 108 valence electrons. The van der Waals surface area contributed by atoms with Crippen LogP contribution in [0.25, 0.3) is 0 Å². The van der Waals surface area contributed by atoms with E-state index in [1.807, 2.05) is 0 Å². The van der Waals surface area contributed by atoms with E-state index < -0.39 is 23.5 Å². The van der Waals surface area contributed by atoms with Crippen molar-refractivity contribution in [3.05, 3.63) is 59.3 Å². The molecule has 1 amide bonds. The summed E-state index contributed by atoms with van der Waals surface area (Å²) in [6.45, 7) is 0. The second-order valence-corrected chi connectivity index (χ2v) is 4.18. The van der Waals surface area contributed by atoms with Crippen molar-refractivity contribution < 1.29 is 23.5 Å². The third-order valence-corrected chi connectivity index (χ3v) is 2.66. The number of anilines is 1. The Kier molecular flexibility index (Phi) is 4.22. The number of carbonyl (C=O) groups excluding carboxylic acids is 1. The number of benzene rings is 1. The Balaban J connectivity index is 2.04. The van der Waals surface area contributed by atoms with Gasteiger partial charge in [-0.3, -0.25) is 4.79 Å². The Morgan fingerprint density at radius 2 is 1.95 bits per heavy atom. The molecule has 0 aliphatic carbocycles. The molecule has 7 heteroatoms.